The Morgan fingerprint density at radius 1 is 1.00 bits per heavy atom. The van der Waals surface area contributed by atoms with Crippen LogP contribution in [0, 0.1) is 0 Å². The third-order valence-corrected chi connectivity index (χ3v) is 4.13. The average molecular weight is 373 g/mol. The minimum Gasteiger partial charge on any atom is -0.357 e. The molecule has 0 heterocycles. The first-order valence-electron chi connectivity index (χ1n) is 8.11. The maximum absolute atomic E-state index is 12.6. The van der Waals surface area contributed by atoms with Gasteiger partial charge in [-0.25, -0.2) is 9.87 Å². The van der Waals surface area contributed by atoms with Crippen LogP contribution >= 0.6 is 0 Å². The van der Waals surface area contributed by atoms with Gasteiger partial charge in [0.25, 0.3) is 17.7 Å². The summed E-state index contributed by atoms with van der Waals surface area (Å²) < 4.78 is 12.6. The molecule has 0 aliphatic carbocycles. The van der Waals surface area contributed by atoms with Crippen molar-refractivity contribution in [1.29, 1.82) is 0 Å². The molecular weight excluding hydrogens is 353 g/mol. The Kier molecular flexibility index (Phi) is 6.62. The van der Waals surface area contributed by atoms with Gasteiger partial charge in [-0.3, -0.25) is 19.6 Å². The lowest BCUT2D eigenvalue weighted by molar-refractivity contribution is -0.140. The van der Waals surface area contributed by atoms with Gasteiger partial charge in [-0.1, -0.05) is 36.4 Å². The van der Waals surface area contributed by atoms with Crippen LogP contribution in [-0.2, 0) is 16.3 Å². The summed E-state index contributed by atoms with van der Waals surface area (Å²) in [5.74, 6) is -2.32. The number of halogens is 1. The van der Waals surface area contributed by atoms with E-state index in [1.807, 2.05) is 0 Å². The molecule has 8 heteroatoms. The zero-order chi connectivity index (χ0) is 20.0. The van der Waals surface area contributed by atoms with Crippen LogP contribution in [0.2, 0.25) is 0 Å². The molecule has 0 bridgehead atoms. The van der Waals surface area contributed by atoms with Crippen LogP contribution in [0.3, 0.4) is 0 Å². The lowest BCUT2D eigenvalue weighted by Crippen LogP contribution is -2.54. The standard InChI is InChI=1S/C19H20FN3O4/c1-21-17(24)16(18(25)22-27)23(2)19(26)15-9-7-14(8-10-15)13-5-3-12(11-20)4-6-13/h3-10,16,27H,11H2,1-2H3,(H,21,24)(H,22,25). The van der Waals surface area contributed by atoms with Crippen LogP contribution in [0.1, 0.15) is 15.9 Å². The van der Waals surface area contributed by atoms with Crippen LogP contribution in [-0.4, -0.2) is 48.0 Å². The fraction of sp³-hybridized carbons (Fsp3) is 0.211. The highest BCUT2D eigenvalue weighted by Gasteiger charge is 2.33. The second kappa shape index (κ2) is 8.91. The number of benzene rings is 2. The van der Waals surface area contributed by atoms with E-state index in [-0.39, 0.29) is 5.56 Å². The van der Waals surface area contributed by atoms with Crippen molar-refractivity contribution in [2.45, 2.75) is 12.7 Å². The molecule has 0 spiro atoms. The summed E-state index contributed by atoms with van der Waals surface area (Å²) in [7, 11) is 2.61. The van der Waals surface area contributed by atoms with Gasteiger partial charge in [-0.05, 0) is 28.8 Å². The van der Waals surface area contributed by atoms with Crippen LogP contribution in [0.5, 0.6) is 0 Å². The van der Waals surface area contributed by atoms with Gasteiger partial charge in [0.2, 0.25) is 0 Å². The zero-order valence-corrected chi connectivity index (χ0v) is 14.9. The number of rotatable bonds is 6. The number of nitrogens with one attached hydrogen (secondary N) is 2. The molecule has 0 fully saturated rings. The smallest absolute Gasteiger partial charge is 0.275 e. The van der Waals surface area contributed by atoms with Crippen LogP contribution in [0.4, 0.5) is 4.39 Å². The number of hydroxylamine groups is 1. The number of hydrogen-bond acceptors (Lipinski definition) is 4. The van der Waals surface area contributed by atoms with E-state index < -0.39 is 30.4 Å². The molecule has 3 N–H and O–H groups in total. The first-order chi connectivity index (χ1) is 12.9. The summed E-state index contributed by atoms with van der Waals surface area (Å²) in [5, 5.41) is 11.1. The van der Waals surface area contributed by atoms with E-state index in [4.69, 9.17) is 5.21 Å². The summed E-state index contributed by atoms with van der Waals surface area (Å²) >= 11 is 0. The van der Waals surface area contributed by atoms with E-state index in [0.717, 1.165) is 16.0 Å². The number of amides is 3. The molecule has 3 amide bonds. The van der Waals surface area contributed by atoms with Crippen molar-refractivity contribution in [2.75, 3.05) is 14.1 Å². The highest BCUT2D eigenvalue weighted by Crippen LogP contribution is 2.21. The van der Waals surface area contributed by atoms with Gasteiger partial charge < -0.3 is 10.2 Å². The Balaban J connectivity index is 2.22. The highest BCUT2D eigenvalue weighted by atomic mass is 19.1. The molecule has 2 rings (SSSR count). The minimum absolute atomic E-state index is 0.265. The van der Waals surface area contributed by atoms with E-state index in [0.29, 0.717) is 5.56 Å². The molecular formula is C19H20FN3O4. The molecule has 0 aromatic heterocycles. The van der Waals surface area contributed by atoms with Gasteiger partial charge in [0.15, 0.2) is 6.04 Å². The first-order valence-corrected chi connectivity index (χ1v) is 8.11. The summed E-state index contributed by atoms with van der Waals surface area (Å²) in [6.07, 6.45) is 0. The third-order valence-electron chi connectivity index (χ3n) is 4.13. The fourth-order valence-electron chi connectivity index (χ4n) is 2.58. The fourth-order valence-corrected chi connectivity index (χ4v) is 2.58. The Bertz CT molecular complexity index is 806. The van der Waals surface area contributed by atoms with E-state index >= 15 is 0 Å². The SMILES string of the molecule is CNC(=O)C(C(=O)NO)N(C)C(=O)c1ccc(-c2ccc(CF)cc2)cc1. The van der Waals surface area contributed by atoms with Crippen molar-refractivity contribution in [2.24, 2.45) is 0 Å². The van der Waals surface area contributed by atoms with Gasteiger partial charge in [0, 0.05) is 19.7 Å². The monoisotopic (exact) mass is 373 g/mol. The Hall–Kier alpha value is -3.26. The quantitative estimate of drug-likeness (QED) is 0.406. The predicted octanol–water partition coefficient (Wildman–Crippen LogP) is 1.52. The molecule has 2 aromatic carbocycles. The number of nitrogens with zero attached hydrogens (tertiary/aromatic N) is 1. The van der Waals surface area contributed by atoms with E-state index in [1.54, 1.807) is 48.5 Å². The first kappa shape index (κ1) is 20.1. The van der Waals surface area contributed by atoms with Crippen molar-refractivity contribution in [3.63, 3.8) is 0 Å². The molecule has 1 atom stereocenters. The number of likely N-dealkylation sites (N-methyl/N-ethyl adjacent to an activating group) is 2. The van der Waals surface area contributed by atoms with Crippen molar-refractivity contribution in [1.82, 2.24) is 15.7 Å². The van der Waals surface area contributed by atoms with Gasteiger partial charge in [0.1, 0.15) is 6.67 Å². The molecule has 0 saturated heterocycles. The lowest BCUT2D eigenvalue weighted by atomic mass is 10.0. The Labute approximate surface area is 155 Å². The van der Waals surface area contributed by atoms with Crippen LogP contribution in [0.25, 0.3) is 11.1 Å². The van der Waals surface area contributed by atoms with Crippen molar-refractivity contribution in [3.8, 4) is 11.1 Å². The molecule has 27 heavy (non-hydrogen) atoms. The normalized spacial score (nSPS) is 11.4. The van der Waals surface area contributed by atoms with Crippen molar-refractivity contribution in [3.05, 3.63) is 59.7 Å². The van der Waals surface area contributed by atoms with Crippen LogP contribution < -0.4 is 10.8 Å². The summed E-state index contributed by atoms with van der Waals surface area (Å²) in [6, 6.07) is 12.0. The van der Waals surface area contributed by atoms with E-state index in [2.05, 4.69) is 5.32 Å². The van der Waals surface area contributed by atoms with Gasteiger partial charge in [0.05, 0.1) is 0 Å². The van der Waals surface area contributed by atoms with Crippen molar-refractivity contribution < 1.29 is 24.0 Å². The third kappa shape index (κ3) is 4.48. The molecule has 0 saturated carbocycles. The lowest BCUT2D eigenvalue weighted by Gasteiger charge is -2.25. The number of alkyl halides is 1. The number of carbonyl (C=O) groups excluding carboxylic acids is 3. The maximum Gasteiger partial charge on any atom is 0.275 e. The molecule has 142 valence electrons. The van der Waals surface area contributed by atoms with Crippen molar-refractivity contribution >= 4 is 17.7 Å². The second-order valence-corrected chi connectivity index (χ2v) is 5.82. The van der Waals surface area contributed by atoms with Gasteiger partial charge >= 0.3 is 0 Å². The second-order valence-electron chi connectivity index (χ2n) is 5.82. The summed E-state index contributed by atoms with van der Waals surface area (Å²) in [6.45, 7) is -0.534. The average Bonchev–Trinajstić information content (AvgIpc) is 2.73. The molecule has 2 aromatic rings. The maximum atomic E-state index is 12.6. The number of carbonyl (C=O) groups is 3. The predicted molar refractivity (Wildman–Crippen MR) is 96.6 cm³/mol. The molecule has 0 aliphatic heterocycles. The summed E-state index contributed by atoms with van der Waals surface area (Å²) in [4.78, 5) is 37.2. The Morgan fingerprint density at radius 2 is 1.52 bits per heavy atom. The Morgan fingerprint density at radius 3 is 1.96 bits per heavy atom. The highest BCUT2D eigenvalue weighted by molar-refractivity contribution is 6.08. The minimum atomic E-state index is -1.51. The molecule has 0 radical (unpaired) electrons. The molecule has 7 nitrogen and oxygen atoms in total. The topological polar surface area (TPSA) is 98.7 Å². The summed E-state index contributed by atoms with van der Waals surface area (Å²) in [5.41, 5.74) is 3.92. The largest absolute Gasteiger partial charge is 0.357 e. The van der Waals surface area contributed by atoms with E-state index in [9.17, 15) is 18.8 Å². The molecule has 0 aliphatic rings. The van der Waals surface area contributed by atoms with Gasteiger partial charge in [-0.2, -0.15) is 0 Å². The van der Waals surface area contributed by atoms with Crippen LogP contribution in [0.15, 0.2) is 48.5 Å². The zero-order valence-electron chi connectivity index (χ0n) is 14.9. The molecule has 1 unspecified atom stereocenters. The number of hydrogen-bond donors (Lipinski definition) is 3. The van der Waals surface area contributed by atoms with E-state index in [1.165, 1.54) is 19.6 Å². The van der Waals surface area contributed by atoms with Gasteiger partial charge in [-0.15, -0.1) is 0 Å².